The molecule has 3 aromatic carbocycles. The number of halogens is 2. The van der Waals surface area contributed by atoms with Gasteiger partial charge >= 0.3 is 12.6 Å². The molecule has 0 aromatic heterocycles. The van der Waals surface area contributed by atoms with Crippen molar-refractivity contribution in [3.63, 3.8) is 0 Å². The number of hydrogen-bond acceptors (Lipinski definition) is 6. The third-order valence-electron chi connectivity index (χ3n) is 6.34. The SMILES string of the molecule is COC(=O)CCCCCc1ccc(C2Oc3cccc(OC(F)F)c3-c3ccc(CS(N)(=O)=O)cc32)cc1. The largest absolute Gasteiger partial charge is 0.480 e. The molecular formula is C28H29F2NO6S. The summed E-state index contributed by atoms with van der Waals surface area (Å²) in [5.41, 5.74) is 4.02. The topological polar surface area (TPSA) is 105 Å². The molecule has 0 aliphatic carbocycles. The molecule has 0 radical (unpaired) electrons. The van der Waals surface area contributed by atoms with Gasteiger partial charge in [0.2, 0.25) is 10.0 Å². The Morgan fingerprint density at radius 2 is 1.76 bits per heavy atom. The van der Waals surface area contributed by atoms with Crippen molar-refractivity contribution in [1.29, 1.82) is 0 Å². The Bertz CT molecular complexity index is 1390. The summed E-state index contributed by atoms with van der Waals surface area (Å²) >= 11 is 0. The maximum absolute atomic E-state index is 13.1. The number of nitrogens with two attached hydrogens (primary N) is 1. The standard InChI is InChI=1S/C28H29F2NO6S/c1-35-25(32)9-4-2-3-6-18-10-13-20(14-11-18)27-22-16-19(17-38(31,33)34)12-15-21(22)26-23(36-27)7-5-8-24(26)37-28(29)30/h5,7-8,10-16,27-28H,2-4,6,9,17H2,1H3,(H2,31,33,34). The zero-order chi connectivity index (χ0) is 27.3. The van der Waals surface area contributed by atoms with Crippen molar-refractivity contribution in [2.45, 2.75) is 50.6 Å². The number of alkyl halides is 2. The Balaban J connectivity index is 1.61. The van der Waals surface area contributed by atoms with Gasteiger partial charge in [-0.3, -0.25) is 4.79 Å². The van der Waals surface area contributed by atoms with Gasteiger partial charge < -0.3 is 14.2 Å². The highest BCUT2D eigenvalue weighted by atomic mass is 32.2. The summed E-state index contributed by atoms with van der Waals surface area (Å²) in [5, 5.41) is 5.26. The monoisotopic (exact) mass is 545 g/mol. The maximum Gasteiger partial charge on any atom is 0.387 e. The van der Waals surface area contributed by atoms with Crippen LogP contribution in [0.3, 0.4) is 0 Å². The van der Waals surface area contributed by atoms with Crippen LogP contribution in [0.15, 0.2) is 60.7 Å². The molecule has 0 saturated carbocycles. The van der Waals surface area contributed by atoms with Crippen LogP contribution >= 0.6 is 0 Å². The molecule has 10 heteroatoms. The van der Waals surface area contributed by atoms with E-state index in [2.05, 4.69) is 4.74 Å². The van der Waals surface area contributed by atoms with Crippen molar-refractivity contribution in [2.75, 3.05) is 7.11 Å². The molecule has 202 valence electrons. The Hall–Kier alpha value is -3.50. The summed E-state index contributed by atoms with van der Waals surface area (Å²) in [6.07, 6.45) is 3.26. The Labute approximate surface area is 220 Å². The summed E-state index contributed by atoms with van der Waals surface area (Å²) < 4.78 is 65.4. The van der Waals surface area contributed by atoms with Gasteiger partial charge in [0.1, 0.15) is 17.6 Å². The van der Waals surface area contributed by atoms with Crippen molar-refractivity contribution in [1.82, 2.24) is 0 Å². The van der Waals surface area contributed by atoms with Crippen LogP contribution in [0.1, 0.15) is 54.0 Å². The van der Waals surface area contributed by atoms with E-state index in [1.807, 2.05) is 24.3 Å². The Kier molecular flexibility index (Phi) is 8.63. The average Bonchev–Trinajstić information content (AvgIpc) is 2.87. The van der Waals surface area contributed by atoms with Gasteiger partial charge in [-0.1, -0.05) is 55.0 Å². The third-order valence-corrected chi connectivity index (χ3v) is 7.08. The third kappa shape index (κ3) is 6.87. The van der Waals surface area contributed by atoms with Crippen LogP contribution in [0.4, 0.5) is 8.78 Å². The normalized spacial score (nSPS) is 14.4. The first kappa shape index (κ1) is 27.5. The van der Waals surface area contributed by atoms with Crippen molar-refractivity contribution < 1.29 is 36.2 Å². The van der Waals surface area contributed by atoms with E-state index in [-0.39, 0.29) is 17.5 Å². The molecule has 0 spiro atoms. The van der Waals surface area contributed by atoms with E-state index in [9.17, 15) is 22.0 Å². The van der Waals surface area contributed by atoms with E-state index < -0.39 is 22.7 Å². The average molecular weight is 546 g/mol. The van der Waals surface area contributed by atoms with E-state index in [1.165, 1.54) is 13.2 Å². The number of hydrogen-bond donors (Lipinski definition) is 1. The molecule has 0 fully saturated rings. The minimum atomic E-state index is -3.79. The second-order valence-corrected chi connectivity index (χ2v) is 10.7. The second kappa shape index (κ2) is 11.9. The second-order valence-electron chi connectivity index (χ2n) is 9.11. The highest BCUT2D eigenvalue weighted by Gasteiger charge is 2.31. The molecule has 0 bridgehead atoms. The number of fused-ring (bicyclic) bond motifs is 3. The van der Waals surface area contributed by atoms with Gasteiger partial charge in [-0.15, -0.1) is 0 Å². The van der Waals surface area contributed by atoms with Gasteiger partial charge in [0, 0.05) is 12.0 Å². The molecule has 7 nitrogen and oxygen atoms in total. The minimum absolute atomic E-state index is 0.0288. The molecule has 3 aromatic rings. The quantitative estimate of drug-likeness (QED) is 0.252. The smallest absolute Gasteiger partial charge is 0.387 e. The molecular weight excluding hydrogens is 516 g/mol. The van der Waals surface area contributed by atoms with E-state index >= 15 is 0 Å². The number of carbonyl (C=O) groups excluding carboxylic acids is 1. The lowest BCUT2D eigenvalue weighted by atomic mass is 9.87. The van der Waals surface area contributed by atoms with E-state index in [4.69, 9.17) is 14.6 Å². The molecule has 1 heterocycles. The molecule has 4 rings (SSSR count). The fourth-order valence-electron chi connectivity index (χ4n) is 4.62. The number of carbonyl (C=O) groups is 1. The number of ether oxygens (including phenoxy) is 3. The van der Waals surface area contributed by atoms with Gasteiger partial charge in [-0.2, -0.15) is 8.78 Å². The summed E-state index contributed by atoms with van der Waals surface area (Å²) in [6, 6.07) is 17.6. The van der Waals surface area contributed by atoms with Crippen molar-refractivity contribution >= 4 is 16.0 Å². The van der Waals surface area contributed by atoms with Crippen molar-refractivity contribution in [3.8, 4) is 22.6 Å². The van der Waals surface area contributed by atoms with Crippen LogP contribution in [0.5, 0.6) is 11.5 Å². The van der Waals surface area contributed by atoms with Gasteiger partial charge in [0.15, 0.2) is 0 Å². The highest BCUT2D eigenvalue weighted by molar-refractivity contribution is 7.88. The fourth-order valence-corrected chi connectivity index (χ4v) is 5.27. The van der Waals surface area contributed by atoms with E-state index in [0.29, 0.717) is 34.4 Å². The zero-order valence-electron chi connectivity index (χ0n) is 20.9. The summed E-state index contributed by atoms with van der Waals surface area (Å²) in [6.45, 7) is -3.02. The number of benzene rings is 3. The minimum Gasteiger partial charge on any atom is -0.480 e. The van der Waals surface area contributed by atoms with Crippen molar-refractivity contribution in [2.24, 2.45) is 5.14 Å². The van der Waals surface area contributed by atoms with E-state index in [0.717, 1.165) is 36.8 Å². The lowest BCUT2D eigenvalue weighted by Crippen LogP contribution is -2.18. The maximum atomic E-state index is 13.1. The predicted octanol–water partition coefficient (Wildman–Crippen LogP) is 5.50. The number of primary sulfonamides is 1. The summed E-state index contributed by atoms with van der Waals surface area (Å²) in [5.74, 6) is -0.221. The van der Waals surface area contributed by atoms with Crippen LogP contribution in [-0.4, -0.2) is 28.1 Å². The Morgan fingerprint density at radius 1 is 1.03 bits per heavy atom. The first-order valence-corrected chi connectivity index (χ1v) is 13.9. The molecule has 1 unspecified atom stereocenters. The number of methoxy groups -OCH3 is 1. The number of rotatable bonds is 11. The van der Waals surface area contributed by atoms with Gasteiger partial charge in [-0.25, -0.2) is 13.6 Å². The number of esters is 1. The highest BCUT2D eigenvalue weighted by Crippen LogP contribution is 2.49. The van der Waals surface area contributed by atoms with Crippen LogP contribution < -0.4 is 14.6 Å². The van der Waals surface area contributed by atoms with Crippen LogP contribution in [0.2, 0.25) is 0 Å². The Morgan fingerprint density at radius 3 is 2.45 bits per heavy atom. The first-order chi connectivity index (χ1) is 18.1. The molecule has 1 atom stereocenters. The lowest BCUT2D eigenvalue weighted by Gasteiger charge is -2.31. The molecule has 2 N–H and O–H groups in total. The van der Waals surface area contributed by atoms with Gasteiger partial charge in [0.05, 0.1) is 18.4 Å². The van der Waals surface area contributed by atoms with Gasteiger partial charge in [0.25, 0.3) is 0 Å². The van der Waals surface area contributed by atoms with E-state index in [1.54, 1.807) is 30.3 Å². The molecule has 0 amide bonds. The lowest BCUT2D eigenvalue weighted by molar-refractivity contribution is -0.140. The van der Waals surface area contributed by atoms with Crippen LogP contribution in [-0.2, 0) is 31.7 Å². The van der Waals surface area contributed by atoms with Crippen molar-refractivity contribution in [3.05, 3.63) is 82.9 Å². The van der Waals surface area contributed by atoms with Gasteiger partial charge in [-0.05, 0) is 53.6 Å². The summed E-state index contributed by atoms with van der Waals surface area (Å²) in [4.78, 5) is 11.2. The molecule has 38 heavy (non-hydrogen) atoms. The summed E-state index contributed by atoms with van der Waals surface area (Å²) in [7, 11) is -2.40. The number of sulfonamides is 1. The molecule has 0 saturated heterocycles. The van der Waals surface area contributed by atoms with Crippen LogP contribution in [0.25, 0.3) is 11.1 Å². The number of unbranched alkanes of at least 4 members (excludes halogenated alkanes) is 2. The zero-order valence-corrected chi connectivity index (χ0v) is 21.7. The fraction of sp³-hybridized carbons (Fsp3) is 0.321. The van der Waals surface area contributed by atoms with Crippen LogP contribution in [0, 0.1) is 0 Å². The molecule has 1 aliphatic heterocycles. The number of aryl methyl sites for hydroxylation is 1. The molecule has 1 aliphatic rings. The first-order valence-electron chi connectivity index (χ1n) is 12.2. The predicted molar refractivity (Wildman–Crippen MR) is 138 cm³/mol.